The second-order valence-electron chi connectivity index (χ2n) is 9.57. The first-order chi connectivity index (χ1) is 14.1. The fraction of sp³-hybridized carbons (Fsp3) is 0.652. The Morgan fingerprint density at radius 3 is 2.60 bits per heavy atom. The average molecular weight is 437 g/mol. The number of halogens is 1. The van der Waals surface area contributed by atoms with Crippen LogP contribution in [0.15, 0.2) is 24.3 Å². The van der Waals surface area contributed by atoms with Crippen molar-refractivity contribution < 1.29 is 19.4 Å². The summed E-state index contributed by atoms with van der Waals surface area (Å²) in [5, 5.41) is 14.9. The standard InChI is InChI=1S/C23H33ClN2O4/c1-22(2,3)30-21(28)25-18-10-13-26(15-18)20(27)19(16-8-7-9-17(24)14-16)23(29)11-5-4-6-12-23/h7-9,14,18-19,29H,4-6,10-13,15H2,1-3H3,(H,25,28)/t18-,19?/m1/s1. The molecule has 1 unspecified atom stereocenters. The molecular formula is C23H33ClN2O4. The van der Waals surface area contributed by atoms with E-state index in [0.717, 1.165) is 24.8 Å². The van der Waals surface area contributed by atoms with E-state index in [4.69, 9.17) is 16.3 Å². The van der Waals surface area contributed by atoms with Crippen molar-refractivity contribution in [3.8, 4) is 0 Å². The molecule has 3 rings (SSSR count). The third kappa shape index (κ3) is 5.67. The van der Waals surface area contributed by atoms with Crippen LogP contribution in [0, 0.1) is 0 Å². The van der Waals surface area contributed by atoms with Crippen molar-refractivity contribution >= 4 is 23.6 Å². The van der Waals surface area contributed by atoms with Crippen molar-refractivity contribution in [2.75, 3.05) is 13.1 Å². The number of alkyl carbamates (subject to hydrolysis) is 1. The molecule has 2 atom stereocenters. The fourth-order valence-corrected chi connectivity index (χ4v) is 4.76. The molecule has 6 nitrogen and oxygen atoms in total. The second kappa shape index (κ2) is 9.15. The van der Waals surface area contributed by atoms with Crippen LogP contribution in [-0.4, -0.2) is 52.3 Å². The van der Waals surface area contributed by atoms with Gasteiger partial charge in [0, 0.05) is 18.1 Å². The number of amides is 2. The molecule has 1 saturated carbocycles. The molecule has 2 aliphatic rings. The molecule has 0 radical (unpaired) electrons. The minimum absolute atomic E-state index is 0.102. The minimum atomic E-state index is -1.07. The number of rotatable bonds is 4. The number of nitrogens with one attached hydrogen (secondary N) is 1. The van der Waals surface area contributed by atoms with Crippen LogP contribution in [0.4, 0.5) is 4.79 Å². The summed E-state index contributed by atoms with van der Waals surface area (Å²) in [4.78, 5) is 27.4. The van der Waals surface area contributed by atoms with Gasteiger partial charge in [-0.2, -0.15) is 0 Å². The first-order valence-corrected chi connectivity index (χ1v) is 11.2. The van der Waals surface area contributed by atoms with E-state index in [9.17, 15) is 14.7 Å². The highest BCUT2D eigenvalue weighted by Crippen LogP contribution is 2.42. The van der Waals surface area contributed by atoms with E-state index in [1.165, 1.54) is 0 Å². The molecule has 7 heteroatoms. The van der Waals surface area contributed by atoms with Crippen molar-refractivity contribution in [1.82, 2.24) is 10.2 Å². The summed E-state index contributed by atoms with van der Waals surface area (Å²) >= 11 is 6.20. The molecule has 1 heterocycles. The number of nitrogens with zero attached hydrogens (tertiary/aromatic N) is 1. The number of hydrogen-bond acceptors (Lipinski definition) is 4. The molecular weight excluding hydrogens is 404 g/mol. The van der Waals surface area contributed by atoms with E-state index >= 15 is 0 Å². The van der Waals surface area contributed by atoms with Crippen LogP contribution in [0.3, 0.4) is 0 Å². The van der Waals surface area contributed by atoms with Gasteiger partial charge in [-0.3, -0.25) is 4.79 Å². The highest BCUT2D eigenvalue weighted by molar-refractivity contribution is 6.30. The Hall–Kier alpha value is -1.79. The van der Waals surface area contributed by atoms with Gasteiger partial charge < -0.3 is 20.1 Å². The van der Waals surface area contributed by atoms with Gasteiger partial charge in [-0.1, -0.05) is 43.0 Å². The minimum Gasteiger partial charge on any atom is -0.444 e. The first-order valence-electron chi connectivity index (χ1n) is 10.8. The van der Waals surface area contributed by atoms with Crippen molar-refractivity contribution in [3.63, 3.8) is 0 Å². The number of benzene rings is 1. The molecule has 0 spiro atoms. The molecule has 1 aromatic carbocycles. The fourth-order valence-electron chi connectivity index (χ4n) is 4.56. The van der Waals surface area contributed by atoms with Gasteiger partial charge >= 0.3 is 6.09 Å². The molecule has 1 aliphatic heterocycles. The van der Waals surface area contributed by atoms with Gasteiger partial charge in [-0.25, -0.2) is 4.79 Å². The topological polar surface area (TPSA) is 78.9 Å². The van der Waals surface area contributed by atoms with Gasteiger partial charge in [-0.15, -0.1) is 0 Å². The van der Waals surface area contributed by atoms with Gasteiger partial charge in [0.2, 0.25) is 5.91 Å². The zero-order valence-corrected chi connectivity index (χ0v) is 18.9. The van der Waals surface area contributed by atoms with Crippen LogP contribution in [0.1, 0.15) is 70.8 Å². The van der Waals surface area contributed by atoms with E-state index in [1.54, 1.807) is 17.0 Å². The van der Waals surface area contributed by atoms with Crippen LogP contribution in [0.5, 0.6) is 0 Å². The van der Waals surface area contributed by atoms with Crippen molar-refractivity contribution in [2.45, 2.75) is 82.5 Å². The van der Waals surface area contributed by atoms with Crippen LogP contribution in [0.25, 0.3) is 0 Å². The zero-order chi connectivity index (χ0) is 21.9. The summed E-state index contributed by atoms with van der Waals surface area (Å²) in [6.07, 6.45) is 4.27. The normalized spacial score (nSPS) is 22.4. The van der Waals surface area contributed by atoms with E-state index in [2.05, 4.69) is 5.32 Å². The van der Waals surface area contributed by atoms with Gasteiger partial charge in [0.05, 0.1) is 17.6 Å². The highest BCUT2D eigenvalue weighted by atomic mass is 35.5. The summed E-state index contributed by atoms with van der Waals surface area (Å²) in [5.41, 5.74) is -0.892. The number of aliphatic hydroxyl groups is 1. The summed E-state index contributed by atoms with van der Waals surface area (Å²) < 4.78 is 5.33. The maximum Gasteiger partial charge on any atom is 0.407 e. The molecule has 0 bridgehead atoms. The molecule has 2 amide bonds. The molecule has 2 fully saturated rings. The van der Waals surface area contributed by atoms with E-state index < -0.39 is 23.2 Å². The van der Waals surface area contributed by atoms with Crippen LogP contribution >= 0.6 is 11.6 Å². The Morgan fingerprint density at radius 2 is 1.97 bits per heavy atom. The molecule has 1 aromatic rings. The summed E-state index contributed by atoms with van der Waals surface area (Å²) in [6, 6.07) is 7.08. The Kier molecular flexibility index (Phi) is 6.98. The quantitative estimate of drug-likeness (QED) is 0.739. The predicted octanol–water partition coefficient (Wildman–Crippen LogP) is 4.24. The number of carbonyl (C=O) groups excluding carboxylic acids is 2. The van der Waals surface area contributed by atoms with Gasteiger partial charge in [0.25, 0.3) is 0 Å². The number of likely N-dealkylation sites (tertiary alicyclic amines) is 1. The number of carbonyl (C=O) groups is 2. The molecule has 1 saturated heterocycles. The van der Waals surface area contributed by atoms with Crippen LogP contribution < -0.4 is 5.32 Å². The third-order valence-corrected chi connectivity index (χ3v) is 6.14. The molecule has 2 N–H and O–H groups in total. The van der Waals surface area contributed by atoms with Crippen molar-refractivity contribution in [3.05, 3.63) is 34.9 Å². The third-order valence-electron chi connectivity index (χ3n) is 5.91. The second-order valence-corrected chi connectivity index (χ2v) is 10.0. The predicted molar refractivity (Wildman–Crippen MR) is 117 cm³/mol. The summed E-state index contributed by atoms with van der Waals surface area (Å²) in [5.74, 6) is -0.757. The lowest BCUT2D eigenvalue weighted by Crippen LogP contribution is -2.48. The van der Waals surface area contributed by atoms with Crippen molar-refractivity contribution in [2.24, 2.45) is 0 Å². The monoisotopic (exact) mass is 436 g/mol. The van der Waals surface area contributed by atoms with Crippen LogP contribution in [0.2, 0.25) is 5.02 Å². The van der Waals surface area contributed by atoms with Gasteiger partial charge in [-0.05, 0) is 57.7 Å². The summed E-state index contributed by atoms with van der Waals surface area (Å²) in [6.45, 7) is 6.39. The van der Waals surface area contributed by atoms with Crippen molar-refractivity contribution in [1.29, 1.82) is 0 Å². The SMILES string of the molecule is CC(C)(C)OC(=O)N[C@@H]1CCN(C(=O)C(c2cccc(Cl)c2)C2(O)CCCCC2)C1. The molecule has 1 aliphatic carbocycles. The average Bonchev–Trinajstić information content (AvgIpc) is 3.09. The van der Waals surface area contributed by atoms with E-state index in [-0.39, 0.29) is 11.9 Å². The first kappa shape index (κ1) is 22.9. The summed E-state index contributed by atoms with van der Waals surface area (Å²) in [7, 11) is 0. The number of hydrogen-bond donors (Lipinski definition) is 2. The lowest BCUT2D eigenvalue weighted by atomic mass is 9.72. The molecule has 166 valence electrons. The highest BCUT2D eigenvalue weighted by Gasteiger charge is 2.45. The van der Waals surface area contributed by atoms with E-state index in [0.29, 0.717) is 37.4 Å². The number of ether oxygens (including phenoxy) is 1. The van der Waals surface area contributed by atoms with Gasteiger partial charge in [0.1, 0.15) is 5.60 Å². The smallest absolute Gasteiger partial charge is 0.407 e. The largest absolute Gasteiger partial charge is 0.444 e. The molecule has 0 aromatic heterocycles. The van der Waals surface area contributed by atoms with E-state index in [1.807, 2.05) is 32.9 Å². The Morgan fingerprint density at radius 1 is 1.27 bits per heavy atom. The maximum absolute atomic E-state index is 13.6. The Bertz CT molecular complexity index is 771. The Labute approximate surface area is 183 Å². The molecule has 30 heavy (non-hydrogen) atoms. The Balaban J connectivity index is 1.75. The zero-order valence-electron chi connectivity index (χ0n) is 18.1. The lowest BCUT2D eigenvalue weighted by molar-refractivity contribution is -0.140. The van der Waals surface area contributed by atoms with Crippen LogP contribution in [-0.2, 0) is 9.53 Å². The maximum atomic E-state index is 13.6. The van der Waals surface area contributed by atoms with Gasteiger partial charge in [0.15, 0.2) is 0 Å². The lowest BCUT2D eigenvalue weighted by Gasteiger charge is -2.40.